The van der Waals surface area contributed by atoms with Crippen molar-refractivity contribution in [3.8, 4) is 0 Å². The molecule has 4 aliphatic carbocycles. The van der Waals surface area contributed by atoms with Crippen LogP contribution in [0, 0.1) is 24.2 Å². The van der Waals surface area contributed by atoms with Crippen molar-refractivity contribution in [3.63, 3.8) is 0 Å². The molecule has 2 N–H and O–H groups in total. The van der Waals surface area contributed by atoms with Gasteiger partial charge in [-0.15, -0.1) is 0 Å². The van der Waals surface area contributed by atoms with Gasteiger partial charge in [-0.2, -0.15) is 4.31 Å². The Kier molecular flexibility index (Phi) is 5.20. The van der Waals surface area contributed by atoms with E-state index >= 15 is 0 Å². The van der Waals surface area contributed by atoms with E-state index in [0.717, 1.165) is 25.7 Å². The molecular formula is C23H32N2O5S. The minimum Gasteiger partial charge on any atom is -0.390 e. The molecule has 0 radical (unpaired) electrons. The minimum atomic E-state index is -3.63. The molecule has 4 saturated carbocycles. The Morgan fingerprint density at radius 1 is 1.19 bits per heavy atom. The number of hydrogen-bond donors (Lipinski definition) is 2. The van der Waals surface area contributed by atoms with Gasteiger partial charge in [0.05, 0.1) is 23.7 Å². The predicted molar refractivity (Wildman–Crippen MR) is 116 cm³/mol. The Balaban J connectivity index is 1.32. The van der Waals surface area contributed by atoms with Gasteiger partial charge in [0.25, 0.3) is 0 Å². The SMILES string of the molecule is Cc1ccc(NC(=O)CC23CC4CC(CC(O)(C4)C2)C3)cc1S(=O)(=O)N1CCOCC1. The molecule has 1 amide bonds. The number of amides is 1. The predicted octanol–water partition coefficient (Wildman–Crippen LogP) is 2.68. The monoisotopic (exact) mass is 448 g/mol. The summed E-state index contributed by atoms with van der Waals surface area (Å²) in [5.41, 5.74) is 0.461. The highest BCUT2D eigenvalue weighted by molar-refractivity contribution is 7.89. The second kappa shape index (κ2) is 7.54. The first-order chi connectivity index (χ1) is 14.7. The third kappa shape index (κ3) is 4.03. The van der Waals surface area contributed by atoms with Crippen LogP contribution >= 0.6 is 0 Å². The van der Waals surface area contributed by atoms with E-state index in [4.69, 9.17) is 4.74 Å². The van der Waals surface area contributed by atoms with Gasteiger partial charge in [-0.05, 0) is 80.4 Å². The maximum atomic E-state index is 13.1. The minimum absolute atomic E-state index is 0.0934. The largest absolute Gasteiger partial charge is 0.390 e. The zero-order valence-corrected chi connectivity index (χ0v) is 18.9. The van der Waals surface area contributed by atoms with Gasteiger partial charge in [0.1, 0.15) is 0 Å². The van der Waals surface area contributed by atoms with Crippen LogP contribution in [-0.2, 0) is 19.6 Å². The molecule has 1 aliphatic heterocycles. The van der Waals surface area contributed by atoms with Crippen molar-refractivity contribution in [2.24, 2.45) is 17.3 Å². The molecule has 6 rings (SSSR count). The van der Waals surface area contributed by atoms with Crippen LogP contribution in [0.3, 0.4) is 0 Å². The molecule has 4 bridgehead atoms. The number of carbonyl (C=O) groups is 1. The topological polar surface area (TPSA) is 95.9 Å². The van der Waals surface area contributed by atoms with Crippen molar-refractivity contribution < 1.29 is 23.1 Å². The summed E-state index contributed by atoms with van der Waals surface area (Å²) in [5, 5.41) is 13.9. The number of hydrogen-bond acceptors (Lipinski definition) is 5. The van der Waals surface area contributed by atoms with Gasteiger partial charge in [-0.1, -0.05) is 6.07 Å². The standard InChI is InChI=1S/C23H32N2O5S/c1-16-2-3-19(9-20(16)31(28,29)25-4-6-30-7-5-25)24-21(26)14-22-10-17-8-18(11-22)13-23(27,12-17)15-22/h2-3,9,17-18,27H,4-8,10-15H2,1H3,(H,24,26). The van der Waals surface area contributed by atoms with E-state index in [1.165, 1.54) is 10.7 Å². The maximum absolute atomic E-state index is 13.1. The first kappa shape index (κ1) is 21.4. The smallest absolute Gasteiger partial charge is 0.243 e. The molecule has 1 aromatic carbocycles. The fraction of sp³-hybridized carbons (Fsp3) is 0.696. The molecule has 170 valence electrons. The highest BCUT2D eigenvalue weighted by Gasteiger charge is 2.57. The fourth-order valence-electron chi connectivity index (χ4n) is 7.04. The summed E-state index contributed by atoms with van der Waals surface area (Å²) in [4.78, 5) is 13.2. The lowest BCUT2D eigenvalue weighted by Gasteiger charge is -2.60. The molecule has 31 heavy (non-hydrogen) atoms. The lowest BCUT2D eigenvalue weighted by Crippen LogP contribution is -2.56. The zero-order chi connectivity index (χ0) is 21.9. The molecule has 2 unspecified atom stereocenters. The quantitative estimate of drug-likeness (QED) is 0.722. The number of anilines is 1. The van der Waals surface area contributed by atoms with Crippen molar-refractivity contribution in [3.05, 3.63) is 23.8 Å². The summed E-state index contributed by atoms with van der Waals surface area (Å²) in [5.74, 6) is 0.969. The zero-order valence-electron chi connectivity index (χ0n) is 18.1. The molecule has 0 spiro atoms. The molecule has 1 saturated heterocycles. The Bertz CT molecular complexity index is 972. The van der Waals surface area contributed by atoms with Crippen molar-refractivity contribution in [2.45, 2.75) is 62.4 Å². The van der Waals surface area contributed by atoms with Crippen LogP contribution in [0.15, 0.2) is 23.1 Å². The highest BCUT2D eigenvalue weighted by atomic mass is 32.2. The van der Waals surface area contributed by atoms with Crippen LogP contribution in [0.1, 0.15) is 50.5 Å². The first-order valence-corrected chi connectivity index (χ1v) is 12.8. The van der Waals surface area contributed by atoms with Gasteiger partial charge in [0, 0.05) is 25.2 Å². The fourth-order valence-corrected chi connectivity index (χ4v) is 8.70. The van der Waals surface area contributed by atoms with E-state index in [9.17, 15) is 18.3 Å². The van der Waals surface area contributed by atoms with E-state index in [1.54, 1.807) is 25.1 Å². The molecular weight excluding hydrogens is 416 g/mol. The summed E-state index contributed by atoms with van der Waals surface area (Å²) in [6, 6.07) is 5.08. The number of benzene rings is 1. The van der Waals surface area contributed by atoms with Gasteiger partial charge in [0.2, 0.25) is 15.9 Å². The van der Waals surface area contributed by atoms with E-state index < -0.39 is 15.6 Å². The second-order valence-corrected chi connectivity index (χ2v) is 12.3. The molecule has 8 heteroatoms. The van der Waals surface area contributed by atoms with E-state index in [2.05, 4.69) is 5.32 Å². The molecule has 5 aliphatic rings. The summed E-state index contributed by atoms with van der Waals surface area (Å²) in [7, 11) is -3.63. The molecule has 1 aromatic rings. The number of sulfonamides is 1. The average molecular weight is 449 g/mol. The van der Waals surface area contributed by atoms with Gasteiger partial charge < -0.3 is 15.2 Å². The van der Waals surface area contributed by atoms with Crippen molar-refractivity contribution in [1.29, 1.82) is 0 Å². The summed E-state index contributed by atoms with van der Waals surface area (Å²) in [6.45, 7) is 3.24. The number of aliphatic hydroxyl groups is 1. The van der Waals surface area contributed by atoms with Crippen molar-refractivity contribution in [2.75, 3.05) is 31.6 Å². The molecule has 1 heterocycles. The first-order valence-electron chi connectivity index (χ1n) is 11.4. The number of aryl methyl sites for hydroxylation is 1. The lowest BCUT2D eigenvalue weighted by molar-refractivity contribution is -0.167. The number of morpholine rings is 1. The number of rotatable bonds is 5. The third-order valence-electron chi connectivity index (χ3n) is 7.75. The Labute approximate surface area is 184 Å². The number of ether oxygens (including phenoxy) is 1. The summed E-state index contributed by atoms with van der Waals surface area (Å²) in [6.07, 6.45) is 6.09. The van der Waals surface area contributed by atoms with Crippen LogP contribution in [0.4, 0.5) is 5.69 Å². The Morgan fingerprint density at radius 3 is 2.52 bits per heavy atom. The van der Waals surface area contributed by atoms with Crippen molar-refractivity contribution in [1.82, 2.24) is 4.31 Å². The summed E-state index contributed by atoms with van der Waals surface area (Å²) >= 11 is 0. The van der Waals surface area contributed by atoms with Gasteiger partial charge in [-0.3, -0.25) is 4.79 Å². The lowest BCUT2D eigenvalue weighted by atomic mass is 9.47. The molecule has 5 fully saturated rings. The number of nitrogens with one attached hydrogen (secondary N) is 1. The van der Waals surface area contributed by atoms with Gasteiger partial charge >= 0.3 is 0 Å². The van der Waals surface area contributed by atoms with Crippen LogP contribution in [0.5, 0.6) is 0 Å². The van der Waals surface area contributed by atoms with E-state index in [-0.39, 0.29) is 16.2 Å². The van der Waals surface area contributed by atoms with Crippen molar-refractivity contribution >= 4 is 21.6 Å². The van der Waals surface area contributed by atoms with Crippen LogP contribution < -0.4 is 5.32 Å². The normalized spacial score (nSPS) is 35.3. The molecule has 2 atom stereocenters. The number of carbonyl (C=O) groups excluding carboxylic acids is 1. The van der Waals surface area contributed by atoms with Crippen LogP contribution in [0.2, 0.25) is 0 Å². The Hall–Kier alpha value is -1.48. The molecule has 7 nitrogen and oxygen atoms in total. The molecule has 0 aromatic heterocycles. The third-order valence-corrected chi connectivity index (χ3v) is 9.79. The van der Waals surface area contributed by atoms with E-state index in [0.29, 0.717) is 62.2 Å². The average Bonchev–Trinajstić information content (AvgIpc) is 2.67. The number of nitrogens with zero attached hydrogens (tertiary/aromatic N) is 1. The van der Waals surface area contributed by atoms with Crippen LogP contribution in [-0.4, -0.2) is 55.6 Å². The summed E-state index contributed by atoms with van der Waals surface area (Å²) < 4.78 is 32.9. The maximum Gasteiger partial charge on any atom is 0.243 e. The van der Waals surface area contributed by atoms with E-state index in [1.807, 2.05) is 0 Å². The Morgan fingerprint density at radius 2 is 1.87 bits per heavy atom. The highest BCUT2D eigenvalue weighted by Crippen LogP contribution is 2.62. The second-order valence-electron chi connectivity index (χ2n) is 10.4. The van der Waals surface area contributed by atoms with Gasteiger partial charge in [0.15, 0.2) is 0 Å². The van der Waals surface area contributed by atoms with Gasteiger partial charge in [-0.25, -0.2) is 8.42 Å². The van der Waals surface area contributed by atoms with Crippen LogP contribution in [0.25, 0.3) is 0 Å².